The summed E-state index contributed by atoms with van der Waals surface area (Å²) in [4.78, 5) is 28.5. The third-order valence-corrected chi connectivity index (χ3v) is 4.02. The predicted molar refractivity (Wildman–Crippen MR) is 94.0 cm³/mol. The number of amides is 1. The van der Waals surface area contributed by atoms with E-state index in [9.17, 15) is 9.59 Å². The number of nitrogens with one attached hydrogen (secondary N) is 1. The highest BCUT2D eigenvalue weighted by atomic mass is 35.5. The first-order chi connectivity index (χ1) is 11.5. The van der Waals surface area contributed by atoms with E-state index in [1.54, 1.807) is 24.3 Å². The van der Waals surface area contributed by atoms with Gasteiger partial charge in [0.2, 0.25) is 5.91 Å². The molecular weight excluding hydrogens is 326 g/mol. The Labute approximate surface area is 143 Å². The van der Waals surface area contributed by atoms with Gasteiger partial charge in [-0.25, -0.2) is 4.98 Å². The van der Waals surface area contributed by atoms with Gasteiger partial charge in [0.1, 0.15) is 6.54 Å². The quantitative estimate of drug-likeness (QED) is 0.793. The largest absolute Gasteiger partial charge is 0.348 e. The summed E-state index contributed by atoms with van der Waals surface area (Å²) in [5.41, 5.74) is 1.91. The van der Waals surface area contributed by atoms with E-state index in [1.807, 2.05) is 31.2 Å². The highest BCUT2D eigenvalue weighted by Crippen LogP contribution is 2.17. The minimum Gasteiger partial charge on any atom is -0.348 e. The summed E-state index contributed by atoms with van der Waals surface area (Å²) < 4.78 is 1.42. The molecule has 2 aromatic carbocycles. The standard InChI is InChI=1S/C18H16ClN3O2/c1-12(13-5-4-6-14(19)9-13)21-17(23)11-22-16-8-3-2-7-15(16)20-10-18(22)24/h2-10,12H,11H2,1H3,(H,21,23). The van der Waals surface area contributed by atoms with E-state index >= 15 is 0 Å². The van der Waals surface area contributed by atoms with Gasteiger partial charge in [0, 0.05) is 5.02 Å². The highest BCUT2D eigenvalue weighted by Gasteiger charge is 2.12. The number of fused-ring (bicyclic) bond motifs is 1. The summed E-state index contributed by atoms with van der Waals surface area (Å²) in [6.07, 6.45) is 1.23. The van der Waals surface area contributed by atoms with E-state index in [0.717, 1.165) is 5.56 Å². The number of hydrogen-bond donors (Lipinski definition) is 1. The van der Waals surface area contributed by atoms with Crippen LogP contribution in [0.2, 0.25) is 5.02 Å². The molecule has 0 aliphatic heterocycles. The summed E-state index contributed by atoms with van der Waals surface area (Å²) >= 11 is 5.98. The zero-order valence-electron chi connectivity index (χ0n) is 13.1. The van der Waals surface area contributed by atoms with E-state index in [2.05, 4.69) is 10.3 Å². The molecule has 0 radical (unpaired) electrons. The van der Waals surface area contributed by atoms with Crippen LogP contribution in [0.5, 0.6) is 0 Å². The fourth-order valence-electron chi connectivity index (χ4n) is 2.57. The lowest BCUT2D eigenvalue weighted by Gasteiger charge is -2.16. The van der Waals surface area contributed by atoms with Crippen LogP contribution in [0.3, 0.4) is 0 Å². The molecule has 0 spiro atoms. The number of carbonyl (C=O) groups is 1. The molecule has 3 rings (SSSR count). The van der Waals surface area contributed by atoms with Crippen LogP contribution in [-0.4, -0.2) is 15.5 Å². The normalized spacial score (nSPS) is 12.1. The summed E-state index contributed by atoms with van der Waals surface area (Å²) in [6.45, 7) is 1.81. The molecular formula is C18H16ClN3O2. The maximum Gasteiger partial charge on any atom is 0.269 e. The molecule has 0 fully saturated rings. The van der Waals surface area contributed by atoms with Crippen LogP contribution in [0.15, 0.2) is 59.5 Å². The molecule has 0 saturated carbocycles. The Hall–Kier alpha value is -2.66. The van der Waals surface area contributed by atoms with Crippen molar-refractivity contribution >= 4 is 28.5 Å². The number of para-hydroxylation sites is 2. The Kier molecular flexibility index (Phi) is 4.62. The van der Waals surface area contributed by atoms with Gasteiger partial charge in [-0.05, 0) is 36.8 Å². The van der Waals surface area contributed by atoms with E-state index in [1.165, 1.54) is 10.8 Å². The Bertz CT molecular complexity index is 952. The van der Waals surface area contributed by atoms with Crippen LogP contribution in [0.1, 0.15) is 18.5 Å². The average molecular weight is 342 g/mol. The van der Waals surface area contributed by atoms with Crippen molar-refractivity contribution in [3.8, 4) is 0 Å². The smallest absolute Gasteiger partial charge is 0.269 e. The van der Waals surface area contributed by atoms with Crippen LogP contribution in [-0.2, 0) is 11.3 Å². The molecule has 24 heavy (non-hydrogen) atoms. The molecule has 0 aliphatic carbocycles. The fraction of sp³-hybridized carbons (Fsp3) is 0.167. The van der Waals surface area contributed by atoms with Gasteiger partial charge in [-0.15, -0.1) is 0 Å². The first-order valence-electron chi connectivity index (χ1n) is 7.54. The van der Waals surface area contributed by atoms with Crippen LogP contribution in [0, 0.1) is 0 Å². The predicted octanol–water partition coefficient (Wildman–Crippen LogP) is 2.93. The molecule has 1 atom stereocenters. The number of rotatable bonds is 4. The molecule has 1 amide bonds. The van der Waals surface area contributed by atoms with Crippen molar-refractivity contribution in [3.05, 3.63) is 75.7 Å². The molecule has 3 aromatic rings. The van der Waals surface area contributed by atoms with Gasteiger partial charge in [-0.1, -0.05) is 35.9 Å². The maximum atomic E-state index is 12.4. The third kappa shape index (κ3) is 3.46. The van der Waals surface area contributed by atoms with Gasteiger partial charge in [-0.3, -0.25) is 14.2 Å². The van der Waals surface area contributed by atoms with Crippen molar-refractivity contribution in [2.45, 2.75) is 19.5 Å². The molecule has 5 nitrogen and oxygen atoms in total. The number of aromatic nitrogens is 2. The van der Waals surface area contributed by atoms with Crippen molar-refractivity contribution in [2.75, 3.05) is 0 Å². The molecule has 0 aliphatic rings. The van der Waals surface area contributed by atoms with E-state index in [4.69, 9.17) is 11.6 Å². The second-order valence-corrected chi connectivity index (χ2v) is 5.95. The lowest BCUT2D eigenvalue weighted by Crippen LogP contribution is -2.34. The molecule has 1 heterocycles. The number of carbonyl (C=O) groups excluding carboxylic acids is 1. The second-order valence-electron chi connectivity index (χ2n) is 5.52. The van der Waals surface area contributed by atoms with Gasteiger partial charge in [0.25, 0.3) is 5.56 Å². The molecule has 1 unspecified atom stereocenters. The lowest BCUT2D eigenvalue weighted by molar-refractivity contribution is -0.122. The Balaban J connectivity index is 1.80. The van der Waals surface area contributed by atoms with Crippen molar-refractivity contribution in [2.24, 2.45) is 0 Å². The fourth-order valence-corrected chi connectivity index (χ4v) is 2.77. The maximum absolute atomic E-state index is 12.4. The monoisotopic (exact) mass is 341 g/mol. The summed E-state index contributed by atoms with van der Waals surface area (Å²) in [5, 5.41) is 3.50. The molecule has 0 bridgehead atoms. The zero-order chi connectivity index (χ0) is 17.1. The van der Waals surface area contributed by atoms with E-state index in [-0.39, 0.29) is 24.1 Å². The topological polar surface area (TPSA) is 64.0 Å². The van der Waals surface area contributed by atoms with Crippen LogP contribution in [0.4, 0.5) is 0 Å². The minimum absolute atomic E-state index is 0.0627. The Morgan fingerprint density at radius 1 is 1.25 bits per heavy atom. The Morgan fingerprint density at radius 2 is 2.04 bits per heavy atom. The van der Waals surface area contributed by atoms with Crippen LogP contribution >= 0.6 is 11.6 Å². The SMILES string of the molecule is CC(NC(=O)Cn1c(=O)cnc2ccccc21)c1cccc(Cl)c1. The van der Waals surface area contributed by atoms with Gasteiger partial charge in [-0.2, -0.15) is 0 Å². The number of nitrogens with zero attached hydrogens (tertiary/aromatic N) is 2. The summed E-state index contributed by atoms with van der Waals surface area (Å²) in [5.74, 6) is -0.249. The third-order valence-electron chi connectivity index (χ3n) is 3.78. The van der Waals surface area contributed by atoms with E-state index in [0.29, 0.717) is 16.1 Å². The lowest BCUT2D eigenvalue weighted by atomic mass is 10.1. The summed E-state index contributed by atoms with van der Waals surface area (Å²) in [7, 11) is 0. The Morgan fingerprint density at radius 3 is 2.83 bits per heavy atom. The van der Waals surface area contributed by atoms with Crippen LogP contribution in [0.25, 0.3) is 11.0 Å². The number of hydrogen-bond acceptors (Lipinski definition) is 3. The highest BCUT2D eigenvalue weighted by molar-refractivity contribution is 6.30. The van der Waals surface area contributed by atoms with Gasteiger partial charge >= 0.3 is 0 Å². The molecule has 1 aromatic heterocycles. The molecule has 0 saturated heterocycles. The summed E-state index contributed by atoms with van der Waals surface area (Å²) in [6, 6.07) is 14.3. The van der Waals surface area contributed by atoms with Gasteiger partial charge in [0.15, 0.2) is 0 Å². The molecule has 6 heteroatoms. The zero-order valence-corrected chi connectivity index (χ0v) is 13.8. The average Bonchev–Trinajstić information content (AvgIpc) is 2.57. The van der Waals surface area contributed by atoms with Crippen molar-refractivity contribution in [1.82, 2.24) is 14.9 Å². The molecule has 1 N–H and O–H groups in total. The van der Waals surface area contributed by atoms with Crippen LogP contribution < -0.4 is 10.9 Å². The van der Waals surface area contributed by atoms with Crippen molar-refractivity contribution in [3.63, 3.8) is 0 Å². The van der Waals surface area contributed by atoms with E-state index < -0.39 is 0 Å². The first kappa shape index (κ1) is 16.2. The van der Waals surface area contributed by atoms with Crippen molar-refractivity contribution in [1.29, 1.82) is 0 Å². The number of benzene rings is 2. The van der Waals surface area contributed by atoms with Gasteiger partial charge in [0.05, 0.1) is 23.3 Å². The minimum atomic E-state index is -0.306. The van der Waals surface area contributed by atoms with Gasteiger partial charge < -0.3 is 5.32 Å². The first-order valence-corrected chi connectivity index (χ1v) is 7.92. The van der Waals surface area contributed by atoms with Crippen molar-refractivity contribution < 1.29 is 4.79 Å². The second kappa shape index (κ2) is 6.84. The molecule has 122 valence electrons. The number of halogens is 1.